The van der Waals surface area contributed by atoms with Crippen molar-refractivity contribution < 1.29 is 14.2 Å². The fourth-order valence-corrected chi connectivity index (χ4v) is 7.20. The van der Waals surface area contributed by atoms with E-state index in [2.05, 4.69) is 51.1 Å². The van der Waals surface area contributed by atoms with Crippen LogP contribution in [0.1, 0.15) is 31.7 Å². The maximum Gasteiger partial charge on any atom is 0.350 e. The summed E-state index contributed by atoms with van der Waals surface area (Å²) in [6, 6.07) is 21.8. The van der Waals surface area contributed by atoms with E-state index >= 15 is 0 Å². The third-order valence-electron chi connectivity index (χ3n) is 9.20. The van der Waals surface area contributed by atoms with E-state index in [0.29, 0.717) is 48.3 Å². The summed E-state index contributed by atoms with van der Waals surface area (Å²) in [7, 11) is 0. The van der Waals surface area contributed by atoms with Crippen molar-refractivity contribution in [3.63, 3.8) is 0 Å². The van der Waals surface area contributed by atoms with Crippen molar-refractivity contribution in [2.24, 2.45) is 0 Å². The molecule has 50 heavy (non-hydrogen) atoms. The van der Waals surface area contributed by atoms with Gasteiger partial charge in [-0.25, -0.2) is 19.0 Å². The highest BCUT2D eigenvalue weighted by molar-refractivity contribution is 6.35. The lowest BCUT2D eigenvalue weighted by Crippen LogP contribution is -2.46. The van der Waals surface area contributed by atoms with Gasteiger partial charge >= 0.3 is 5.69 Å². The molecule has 0 bridgehead atoms. The molecule has 2 aromatic heterocycles. The lowest BCUT2D eigenvalue weighted by molar-refractivity contribution is -0.189. The fraction of sp³-hybridized carbons (Fsp3) is 0.378. The lowest BCUT2D eigenvalue weighted by Gasteiger charge is -2.37. The van der Waals surface area contributed by atoms with E-state index in [1.807, 2.05) is 48.0 Å². The van der Waals surface area contributed by atoms with Gasteiger partial charge in [0.1, 0.15) is 24.3 Å². The van der Waals surface area contributed by atoms with Gasteiger partial charge in [-0.2, -0.15) is 5.10 Å². The fourth-order valence-electron chi connectivity index (χ4n) is 6.65. The number of hydrogen-bond donors (Lipinski definition) is 0. The second-order valence-electron chi connectivity index (χ2n) is 12.6. The third-order valence-corrected chi connectivity index (χ3v) is 9.75. The van der Waals surface area contributed by atoms with Crippen LogP contribution < -0.4 is 20.2 Å². The van der Waals surface area contributed by atoms with Crippen molar-refractivity contribution in [2.75, 3.05) is 49.2 Å². The molecule has 2 aliphatic heterocycles. The molecule has 4 heterocycles. The lowest BCUT2D eigenvalue weighted by atomic mass is 10.1. The van der Waals surface area contributed by atoms with Gasteiger partial charge in [-0.1, -0.05) is 43.1 Å². The molecule has 3 aromatic carbocycles. The second-order valence-corrected chi connectivity index (χ2v) is 13.4. The average molecular weight is 719 g/mol. The minimum absolute atomic E-state index is 0.0782. The van der Waals surface area contributed by atoms with E-state index in [4.69, 9.17) is 37.4 Å². The first-order valence-electron chi connectivity index (χ1n) is 17.1. The number of benzene rings is 3. The summed E-state index contributed by atoms with van der Waals surface area (Å²) in [6.45, 7) is 9.32. The average Bonchev–Trinajstić information content (AvgIpc) is 3.88. The van der Waals surface area contributed by atoms with Crippen molar-refractivity contribution in [1.29, 1.82) is 0 Å². The van der Waals surface area contributed by atoms with Crippen LogP contribution in [-0.4, -0.2) is 69.4 Å². The Hall–Kier alpha value is -4.29. The van der Waals surface area contributed by atoms with E-state index in [9.17, 15) is 4.79 Å². The molecule has 7 rings (SSSR count). The number of hydrogen-bond acceptors (Lipinski definition) is 8. The third kappa shape index (κ3) is 7.14. The Balaban J connectivity index is 0.933. The van der Waals surface area contributed by atoms with Gasteiger partial charge in [-0.05, 0) is 67.1 Å². The van der Waals surface area contributed by atoms with E-state index in [0.717, 1.165) is 61.2 Å². The van der Waals surface area contributed by atoms with Gasteiger partial charge in [-0.15, -0.1) is 0 Å². The van der Waals surface area contributed by atoms with Crippen LogP contribution in [0.2, 0.25) is 10.0 Å². The second kappa shape index (κ2) is 14.9. The first kappa shape index (κ1) is 34.2. The number of halogens is 2. The summed E-state index contributed by atoms with van der Waals surface area (Å²) in [5.41, 5.74) is 3.78. The Kier molecular flexibility index (Phi) is 10.2. The molecular weight excluding hydrogens is 677 g/mol. The van der Waals surface area contributed by atoms with Gasteiger partial charge in [0.05, 0.1) is 30.2 Å². The van der Waals surface area contributed by atoms with Gasteiger partial charge in [0.25, 0.3) is 0 Å². The highest BCUT2D eigenvalue weighted by Gasteiger charge is 2.45. The van der Waals surface area contributed by atoms with Crippen LogP contribution in [0.4, 0.5) is 11.4 Å². The summed E-state index contributed by atoms with van der Waals surface area (Å²) >= 11 is 12.8. The summed E-state index contributed by atoms with van der Waals surface area (Å²) < 4.78 is 24.2. The minimum atomic E-state index is -1.10. The van der Waals surface area contributed by atoms with Crippen molar-refractivity contribution in [3.8, 4) is 11.4 Å². The van der Waals surface area contributed by atoms with Gasteiger partial charge in [0.2, 0.25) is 5.79 Å². The molecule has 2 fully saturated rings. The molecule has 262 valence electrons. The van der Waals surface area contributed by atoms with Crippen LogP contribution >= 0.6 is 23.2 Å². The molecule has 11 nitrogen and oxygen atoms in total. The van der Waals surface area contributed by atoms with E-state index < -0.39 is 5.79 Å². The first-order valence-corrected chi connectivity index (χ1v) is 17.9. The number of aromatic nitrogens is 5. The largest absolute Gasteiger partial charge is 0.491 e. The van der Waals surface area contributed by atoms with E-state index in [-0.39, 0.29) is 11.8 Å². The molecule has 0 aliphatic carbocycles. The molecule has 0 saturated carbocycles. The van der Waals surface area contributed by atoms with Crippen LogP contribution in [0.5, 0.6) is 5.75 Å². The highest BCUT2D eigenvalue weighted by Crippen LogP contribution is 2.40. The van der Waals surface area contributed by atoms with Gasteiger partial charge in [0.15, 0.2) is 0 Å². The Morgan fingerprint density at radius 1 is 0.920 bits per heavy atom. The Morgan fingerprint density at radius 3 is 2.22 bits per heavy atom. The predicted octanol–water partition coefficient (Wildman–Crippen LogP) is 6.18. The van der Waals surface area contributed by atoms with Crippen molar-refractivity contribution >= 4 is 34.6 Å². The van der Waals surface area contributed by atoms with E-state index in [1.54, 1.807) is 33.9 Å². The monoisotopic (exact) mass is 717 g/mol. The van der Waals surface area contributed by atoms with Crippen LogP contribution in [0.25, 0.3) is 5.69 Å². The number of anilines is 2. The molecule has 2 aliphatic rings. The maximum absolute atomic E-state index is 13.0. The predicted molar refractivity (Wildman–Crippen MR) is 195 cm³/mol. The quantitative estimate of drug-likeness (QED) is 0.151. The number of ether oxygens (including phenoxy) is 3. The molecule has 13 heteroatoms. The Labute approximate surface area is 301 Å². The zero-order chi connectivity index (χ0) is 34.7. The molecule has 0 spiro atoms. The SMILES string of the molecule is CCCn1nc(CC)n(-c2ccc(N3CCN(c4ccc(OC[C@@H]5CO[C@@](Cn6ccnc6)(c6ccc(Cl)cc6Cl)O5)cc4)CC3)cc2)c1=O. The minimum Gasteiger partial charge on any atom is -0.491 e. The number of rotatable bonds is 12. The Bertz CT molecular complexity index is 1940. The normalized spacial score (nSPS) is 19.3. The summed E-state index contributed by atoms with van der Waals surface area (Å²) in [4.78, 5) is 21.9. The summed E-state index contributed by atoms with van der Waals surface area (Å²) in [6.07, 6.45) is 6.55. The zero-order valence-electron chi connectivity index (χ0n) is 28.3. The van der Waals surface area contributed by atoms with Gasteiger partial charge < -0.3 is 28.6 Å². The number of aryl methyl sites for hydroxylation is 2. The van der Waals surface area contributed by atoms with Crippen LogP contribution in [0.15, 0.2) is 90.2 Å². The van der Waals surface area contributed by atoms with Crippen LogP contribution in [-0.2, 0) is 34.8 Å². The maximum atomic E-state index is 13.0. The van der Waals surface area contributed by atoms with Crippen molar-refractivity contribution in [2.45, 2.75) is 51.7 Å². The first-order chi connectivity index (χ1) is 24.4. The van der Waals surface area contributed by atoms with Gasteiger partial charge in [0, 0.05) is 73.5 Å². The number of nitrogens with zero attached hydrogens (tertiary/aromatic N) is 7. The van der Waals surface area contributed by atoms with Crippen LogP contribution in [0, 0.1) is 0 Å². The highest BCUT2D eigenvalue weighted by atomic mass is 35.5. The molecular formula is C37H41Cl2N7O4. The van der Waals surface area contributed by atoms with Crippen LogP contribution in [0.3, 0.4) is 0 Å². The number of imidazole rings is 1. The van der Waals surface area contributed by atoms with Crippen molar-refractivity contribution in [3.05, 3.63) is 117 Å². The Morgan fingerprint density at radius 2 is 1.60 bits per heavy atom. The molecule has 0 radical (unpaired) electrons. The smallest absolute Gasteiger partial charge is 0.350 e. The zero-order valence-corrected chi connectivity index (χ0v) is 29.8. The van der Waals surface area contributed by atoms with E-state index in [1.165, 1.54) is 0 Å². The summed E-state index contributed by atoms with van der Waals surface area (Å²) in [5.74, 6) is 0.449. The van der Waals surface area contributed by atoms with Gasteiger partial charge in [-0.3, -0.25) is 0 Å². The molecule has 0 amide bonds. The summed E-state index contributed by atoms with van der Waals surface area (Å²) in [5, 5.41) is 5.55. The topological polar surface area (TPSA) is 91.8 Å². The molecule has 5 aromatic rings. The molecule has 2 saturated heterocycles. The van der Waals surface area contributed by atoms with Crippen molar-refractivity contribution in [1.82, 2.24) is 23.9 Å². The molecule has 0 unspecified atom stereocenters. The molecule has 2 atom stereocenters. The standard InChI is InChI=1S/C37H41Cl2N7O4/c1-3-16-45-36(47)46(35(4-2)41-45)30-8-6-28(7-9-30)43-18-20-44(21-19-43)29-10-12-31(13-11-29)48-23-32-24-49-37(50-32,25-42-17-15-40-26-42)33-14-5-27(38)22-34(33)39/h5-15,17,22,26,32H,3-4,16,18-21,23-25H2,1-2H3/t32-,37-/m1/s1. The molecule has 0 N–H and O–H groups in total. The number of piperazine rings is 1.